The van der Waals surface area contributed by atoms with Gasteiger partial charge in [-0.15, -0.1) is 0 Å². The SMILES string of the molecule is NC1CCN(CCCCOCCCNc2cccc3c2C(=O)N(C2CCC(=O)NC2=O)C3=O)CC1. The van der Waals surface area contributed by atoms with Crippen molar-refractivity contribution in [3.63, 3.8) is 0 Å². The number of ether oxygens (including phenoxy) is 1. The molecule has 35 heavy (non-hydrogen) atoms. The Kier molecular flexibility index (Phi) is 8.48. The van der Waals surface area contributed by atoms with Crippen molar-refractivity contribution in [1.29, 1.82) is 0 Å². The molecule has 0 saturated carbocycles. The first-order valence-electron chi connectivity index (χ1n) is 12.6. The minimum absolute atomic E-state index is 0.0991. The summed E-state index contributed by atoms with van der Waals surface area (Å²) in [5, 5.41) is 5.45. The Bertz CT molecular complexity index is 960. The monoisotopic (exact) mass is 485 g/mol. The molecule has 3 aliphatic rings. The van der Waals surface area contributed by atoms with Gasteiger partial charge in [-0.25, -0.2) is 0 Å². The summed E-state index contributed by atoms with van der Waals surface area (Å²) in [5.41, 5.74) is 7.06. The van der Waals surface area contributed by atoms with Crippen LogP contribution in [0.5, 0.6) is 0 Å². The Morgan fingerprint density at radius 1 is 1.00 bits per heavy atom. The molecule has 0 spiro atoms. The van der Waals surface area contributed by atoms with Gasteiger partial charge in [0, 0.05) is 37.9 Å². The van der Waals surface area contributed by atoms with E-state index >= 15 is 0 Å². The molecule has 3 aliphatic heterocycles. The molecule has 0 aromatic heterocycles. The van der Waals surface area contributed by atoms with E-state index in [2.05, 4.69) is 15.5 Å². The van der Waals surface area contributed by atoms with Crippen molar-refractivity contribution in [1.82, 2.24) is 15.1 Å². The molecule has 10 heteroatoms. The zero-order valence-electron chi connectivity index (χ0n) is 20.1. The molecule has 0 radical (unpaired) electrons. The molecule has 2 saturated heterocycles. The third kappa shape index (κ3) is 6.06. The van der Waals surface area contributed by atoms with Gasteiger partial charge in [0.1, 0.15) is 6.04 Å². The number of hydrogen-bond acceptors (Lipinski definition) is 8. The number of benzene rings is 1. The van der Waals surface area contributed by atoms with Crippen molar-refractivity contribution in [3.8, 4) is 0 Å². The molecule has 10 nitrogen and oxygen atoms in total. The number of carbonyl (C=O) groups excluding carboxylic acids is 4. The molecule has 4 amide bonds. The first-order valence-corrected chi connectivity index (χ1v) is 12.6. The maximum absolute atomic E-state index is 13.1. The molecule has 4 N–H and O–H groups in total. The number of likely N-dealkylation sites (tertiary alicyclic amines) is 1. The predicted molar refractivity (Wildman–Crippen MR) is 130 cm³/mol. The van der Waals surface area contributed by atoms with Crippen molar-refractivity contribution < 1.29 is 23.9 Å². The molecule has 2 fully saturated rings. The molecule has 0 bridgehead atoms. The lowest BCUT2D eigenvalue weighted by Crippen LogP contribution is -2.54. The highest BCUT2D eigenvalue weighted by molar-refractivity contribution is 6.25. The maximum Gasteiger partial charge on any atom is 0.264 e. The molecule has 190 valence electrons. The summed E-state index contributed by atoms with van der Waals surface area (Å²) >= 11 is 0. The van der Waals surface area contributed by atoms with Crippen LogP contribution in [-0.4, -0.2) is 84.9 Å². The summed E-state index contributed by atoms with van der Waals surface area (Å²) in [6, 6.07) is 4.46. The van der Waals surface area contributed by atoms with Crippen molar-refractivity contribution in [2.75, 3.05) is 44.7 Å². The van der Waals surface area contributed by atoms with E-state index in [0.29, 0.717) is 24.9 Å². The number of nitrogens with one attached hydrogen (secondary N) is 2. The lowest BCUT2D eigenvalue weighted by atomic mass is 10.0. The minimum Gasteiger partial charge on any atom is -0.384 e. The van der Waals surface area contributed by atoms with Crippen LogP contribution in [0.15, 0.2) is 18.2 Å². The topological polar surface area (TPSA) is 134 Å². The molecule has 3 heterocycles. The summed E-state index contributed by atoms with van der Waals surface area (Å²) < 4.78 is 5.75. The Morgan fingerprint density at radius 2 is 1.77 bits per heavy atom. The van der Waals surface area contributed by atoms with Crippen LogP contribution in [0.4, 0.5) is 5.69 Å². The number of carbonyl (C=O) groups is 4. The van der Waals surface area contributed by atoms with Crippen LogP contribution in [-0.2, 0) is 14.3 Å². The van der Waals surface area contributed by atoms with Crippen LogP contribution >= 0.6 is 0 Å². The van der Waals surface area contributed by atoms with E-state index in [0.717, 1.165) is 63.2 Å². The molecule has 1 unspecified atom stereocenters. The van der Waals surface area contributed by atoms with Crippen LogP contribution < -0.4 is 16.4 Å². The molecule has 1 aromatic rings. The standard InChI is InChI=1S/C25H35N5O5/c26-17-9-13-29(14-10-17)12-1-2-15-35-16-4-11-27-19-6-3-5-18-22(19)25(34)30(24(18)33)20-7-8-21(31)28-23(20)32/h3,5-6,17,20,27H,1-2,4,7-16,26H2,(H,28,31,32). The first-order chi connectivity index (χ1) is 17.0. The van der Waals surface area contributed by atoms with E-state index in [1.165, 1.54) is 0 Å². The van der Waals surface area contributed by atoms with Gasteiger partial charge in [0.2, 0.25) is 11.8 Å². The van der Waals surface area contributed by atoms with Gasteiger partial charge in [-0.3, -0.25) is 29.4 Å². The van der Waals surface area contributed by atoms with Gasteiger partial charge in [-0.1, -0.05) is 6.07 Å². The van der Waals surface area contributed by atoms with E-state index in [-0.39, 0.29) is 29.9 Å². The fourth-order valence-corrected chi connectivity index (χ4v) is 4.88. The Morgan fingerprint density at radius 3 is 2.54 bits per heavy atom. The molecule has 0 aliphatic carbocycles. The molecule has 4 rings (SSSR count). The van der Waals surface area contributed by atoms with Crippen molar-refractivity contribution in [2.24, 2.45) is 5.73 Å². The number of anilines is 1. The van der Waals surface area contributed by atoms with Gasteiger partial charge in [0.05, 0.1) is 11.1 Å². The second-order valence-electron chi connectivity index (χ2n) is 9.45. The van der Waals surface area contributed by atoms with E-state index in [9.17, 15) is 19.2 Å². The fourth-order valence-electron chi connectivity index (χ4n) is 4.88. The highest BCUT2D eigenvalue weighted by Crippen LogP contribution is 2.32. The van der Waals surface area contributed by atoms with Crippen LogP contribution in [0.3, 0.4) is 0 Å². The van der Waals surface area contributed by atoms with Gasteiger partial charge in [0.15, 0.2) is 0 Å². The number of imide groups is 2. The normalized spacial score (nSPS) is 21.4. The third-order valence-corrected chi connectivity index (χ3v) is 6.89. The van der Waals surface area contributed by atoms with Crippen LogP contribution in [0.1, 0.15) is 65.7 Å². The summed E-state index contributed by atoms with van der Waals surface area (Å²) in [6.07, 6.45) is 5.31. The summed E-state index contributed by atoms with van der Waals surface area (Å²) in [5.74, 6) is -2.00. The molecular weight excluding hydrogens is 450 g/mol. The summed E-state index contributed by atoms with van der Waals surface area (Å²) in [7, 11) is 0. The zero-order valence-corrected chi connectivity index (χ0v) is 20.1. The van der Waals surface area contributed by atoms with E-state index in [1.807, 2.05) is 0 Å². The highest BCUT2D eigenvalue weighted by atomic mass is 16.5. The molecule has 1 aromatic carbocycles. The van der Waals surface area contributed by atoms with Gasteiger partial charge in [0.25, 0.3) is 11.8 Å². The van der Waals surface area contributed by atoms with Crippen molar-refractivity contribution in [2.45, 2.75) is 57.0 Å². The lowest BCUT2D eigenvalue weighted by Gasteiger charge is -2.29. The second kappa shape index (κ2) is 11.7. The van der Waals surface area contributed by atoms with Gasteiger partial charge >= 0.3 is 0 Å². The average Bonchev–Trinajstić information content (AvgIpc) is 3.10. The van der Waals surface area contributed by atoms with Crippen molar-refractivity contribution >= 4 is 29.3 Å². The average molecular weight is 486 g/mol. The largest absolute Gasteiger partial charge is 0.384 e. The predicted octanol–water partition coefficient (Wildman–Crippen LogP) is 1.11. The van der Waals surface area contributed by atoms with E-state index in [4.69, 9.17) is 10.5 Å². The van der Waals surface area contributed by atoms with Crippen LogP contribution in [0.2, 0.25) is 0 Å². The first kappa shape index (κ1) is 25.3. The number of rotatable bonds is 11. The number of amides is 4. The Balaban J connectivity index is 1.18. The number of piperidine rings is 2. The zero-order chi connectivity index (χ0) is 24.8. The smallest absolute Gasteiger partial charge is 0.264 e. The van der Waals surface area contributed by atoms with Crippen LogP contribution in [0, 0.1) is 0 Å². The number of unbranched alkanes of at least 4 members (excludes halogenated alkanes) is 1. The third-order valence-electron chi connectivity index (χ3n) is 6.89. The molecular formula is C25H35N5O5. The van der Waals surface area contributed by atoms with E-state index in [1.54, 1.807) is 18.2 Å². The lowest BCUT2D eigenvalue weighted by molar-refractivity contribution is -0.136. The Labute approximate surface area is 205 Å². The van der Waals surface area contributed by atoms with Gasteiger partial charge < -0.3 is 20.7 Å². The number of hydrogen-bond donors (Lipinski definition) is 3. The van der Waals surface area contributed by atoms with Gasteiger partial charge in [-0.05, 0) is 70.3 Å². The van der Waals surface area contributed by atoms with E-state index < -0.39 is 23.8 Å². The highest BCUT2D eigenvalue weighted by Gasteiger charge is 2.45. The number of fused-ring (bicyclic) bond motifs is 1. The quantitative estimate of drug-likeness (QED) is 0.314. The number of nitrogens with two attached hydrogens (primary N) is 1. The minimum atomic E-state index is -0.964. The van der Waals surface area contributed by atoms with Crippen LogP contribution in [0.25, 0.3) is 0 Å². The summed E-state index contributed by atoms with van der Waals surface area (Å²) in [4.78, 5) is 53.1. The molecule has 1 atom stereocenters. The fraction of sp³-hybridized carbons (Fsp3) is 0.600. The van der Waals surface area contributed by atoms with Gasteiger partial charge in [-0.2, -0.15) is 0 Å². The second-order valence-corrected chi connectivity index (χ2v) is 9.45. The van der Waals surface area contributed by atoms with Crippen molar-refractivity contribution in [3.05, 3.63) is 29.3 Å². The maximum atomic E-state index is 13.1. The summed E-state index contributed by atoms with van der Waals surface area (Å²) in [6.45, 7) is 5.20. The number of nitrogens with zero attached hydrogens (tertiary/aromatic N) is 2. The Hall–Kier alpha value is -2.82.